The van der Waals surface area contributed by atoms with E-state index in [1.165, 1.54) is 6.07 Å². The van der Waals surface area contributed by atoms with Crippen LogP contribution in [0.1, 0.15) is 85.4 Å². The van der Waals surface area contributed by atoms with Gasteiger partial charge >= 0.3 is 0 Å². The second kappa shape index (κ2) is 12.2. The number of ether oxygens (including phenoxy) is 1. The van der Waals surface area contributed by atoms with E-state index in [4.69, 9.17) is 4.74 Å². The molecular formula is C29H37FN2O3. The predicted molar refractivity (Wildman–Crippen MR) is 135 cm³/mol. The van der Waals surface area contributed by atoms with Crippen LogP contribution < -0.4 is 4.74 Å². The van der Waals surface area contributed by atoms with Gasteiger partial charge in [0.05, 0.1) is 17.2 Å². The highest BCUT2D eigenvalue weighted by atomic mass is 19.1. The Morgan fingerprint density at radius 1 is 0.943 bits per heavy atom. The van der Waals surface area contributed by atoms with Gasteiger partial charge in [-0.25, -0.2) is 4.39 Å². The van der Waals surface area contributed by atoms with Crippen LogP contribution in [0.3, 0.4) is 0 Å². The van der Waals surface area contributed by atoms with Crippen LogP contribution in [0, 0.1) is 5.82 Å². The van der Waals surface area contributed by atoms with E-state index in [0.29, 0.717) is 24.4 Å². The van der Waals surface area contributed by atoms with Crippen molar-refractivity contribution in [3.05, 3.63) is 65.5 Å². The molecule has 1 saturated carbocycles. The molecule has 188 valence electrons. The van der Waals surface area contributed by atoms with Gasteiger partial charge in [-0.2, -0.15) is 0 Å². The number of benzene rings is 2. The molecule has 2 amide bonds. The molecule has 1 heterocycles. The molecule has 35 heavy (non-hydrogen) atoms. The Kier molecular flexibility index (Phi) is 8.78. The first-order valence-corrected chi connectivity index (χ1v) is 13.2. The third-order valence-corrected chi connectivity index (χ3v) is 7.19. The Labute approximate surface area is 208 Å². The van der Waals surface area contributed by atoms with Crippen LogP contribution in [0.15, 0.2) is 48.5 Å². The number of carbonyl (C=O) groups is 2. The molecule has 6 heteroatoms. The number of hydrogen-bond donors (Lipinski definition) is 0. The maximum absolute atomic E-state index is 14.6. The smallest absolute Gasteiger partial charge is 0.257 e. The zero-order chi connectivity index (χ0) is 24.6. The number of carbonyl (C=O) groups excluding carboxylic acids is 2. The van der Waals surface area contributed by atoms with Crippen molar-refractivity contribution in [2.45, 2.75) is 76.9 Å². The summed E-state index contributed by atoms with van der Waals surface area (Å²) in [5.41, 5.74) is 0.693. The molecule has 2 aromatic carbocycles. The molecule has 0 N–H and O–H groups in total. The Balaban J connectivity index is 1.68. The molecule has 5 nitrogen and oxygen atoms in total. The van der Waals surface area contributed by atoms with E-state index in [1.807, 2.05) is 34.1 Å². The topological polar surface area (TPSA) is 49.9 Å². The Bertz CT molecular complexity index is 1010. The summed E-state index contributed by atoms with van der Waals surface area (Å²) in [6.45, 7) is 4.11. The van der Waals surface area contributed by atoms with Crippen molar-refractivity contribution in [3.8, 4) is 5.75 Å². The molecule has 0 radical (unpaired) electrons. The molecule has 2 aliphatic rings. The van der Waals surface area contributed by atoms with Gasteiger partial charge in [-0.15, -0.1) is 0 Å². The van der Waals surface area contributed by atoms with Crippen LogP contribution in [-0.4, -0.2) is 53.4 Å². The minimum absolute atomic E-state index is 0.00570. The maximum Gasteiger partial charge on any atom is 0.257 e. The minimum Gasteiger partial charge on any atom is -0.487 e. The summed E-state index contributed by atoms with van der Waals surface area (Å²) >= 11 is 0. The molecule has 1 fully saturated rings. The first-order valence-electron chi connectivity index (χ1n) is 13.2. The van der Waals surface area contributed by atoms with Crippen molar-refractivity contribution in [2.24, 2.45) is 0 Å². The number of halogens is 1. The molecule has 0 unspecified atom stereocenters. The summed E-state index contributed by atoms with van der Waals surface area (Å²) in [5, 5.41) is 0. The summed E-state index contributed by atoms with van der Waals surface area (Å²) in [6.07, 6.45) is 7.99. The lowest BCUT2D eigenvalue weighted by Crippen LogP contribution is -2.51. The van der Waals surface area contributed by atoms with E-state index < -0.39 is 5.82 Å². The number of amides is 2. The van der Waals surface area contributed by atoms with Crippen LogP contribution in [0.4, 0.5) is 4.39 Å². The zero-order valence-electron chi connectivity index (χ0n) is 20.8. The van der Waals surface area contributed by atoms with Crippen LogP contribution in [0.5, 0.6) is 5.75 Å². The first-order chi connectivity index (χ1) is 17.1. The van der Waals surface area contributed by atoms with E-state index in [9.17, 15) is 14.0 Å². The lowest BCUT2D eigenvalue weighted by Gasteiger charge is -2.40. The van der Waals surface area contributed by atoms with E-state index in [1.54, 1.807) is 18.2 Å². The number of hydrogen-bond acceptors (Lipinski definition) is 3. The fourth-order valence-electron chi connectivity index (χ4n) is 5.38. The van der Waals surface area contributed by atoms with Gasteiger partial charge in [-0.1, -0.05) is 50.5 Å². The summed E-state index contributed by atoms with van der Waals surface area (Å²) in [5.74, 6) is -0.177. The number of rotatable bonds is 3. The first kappa shape index (κ1) is 25.2. The Morgan fingerprint density at radius 3 is 2.46 bits per heavy atom. The van der Waals surface area contributed by atoms with Crippen molar-refractivity contribution in [2.75, 3.05) is 19.6 Å². The van der Waals surface area contributed by atoms with Gasteiger partial charge in [0.2, 0.25) is 0 Å². The molecule has 0 aromatic heterocycles. The van der Waals surface area contributed by atoms with Gasteiger partial charge in [0.15, 0.2) is 0 Å². The van der Waals surface area contributed by atoms with Crippen molar-refractivity contribution in [3.63, 3.8) is 0 Å². The van der Waals surface area contributed by atoms with E-state index in [-0.39, 0.29) is 29.5 Å². The highest BCUT2D eigenvalue weighted by molar-refractivity contribution is 5.97. The van der Waals surface area contributed by atoms with Gasteiger partial charge in [-0.3, -0.25) is 9.59 Å². The molecule has 0 bridgehead atoms. The second-order valence-corrected chi connectivity index (χ2v) is 9.69. The minimum atomic E-state index is -0.489. The number of fused-ring (bicyclic) bond motifs is 2. The van der Waals surface area contributed by atoms with E-state index >= 15 is 0 Å². The molecule has 2 aromatic rings. The van der Waals surface area contributed by atoms with Crippen LogP contribution in [0.2, 0.25) is 0 Å². The lowest BCUT2D eigenvalue weighted by molar-refractivity contribution is 0.0263. The molecule has 0 spiro atoms. The van der Waals surface area contributed by atoms with Gasteiger partial charge in [0.1, 0.15) is 17.7 Å². The molecule has 0 saturated heterocycles. The largest absolute Gasteiger partial charge is 0.487 e. The Hall–Kier alpha value is -2.89. The molecule has 1 aliphatic carbocycles. The fraction of sp³-hybridized carbons (Fsp3) is 0.517. The average Bonchev–Trinajstić information content (AvgIpc) is 2.88. The quantitative estimate of drug-likeness (QED) is 0.535. The average molecular weight is 481 g/mol. The van der Waals surface area contributed by atoms with Crippen LogP contribution in [-0.2, 0) is 0 Å². The number of nitrogens with zero attached hydrogens (tertiary/aromatic N) is 2. The normalized spacial score (nSPS) is 21.9. The van der Waals surface area contributed by atoms with Gasteiger partial charge in [0, 0.05) is 19.6 Å². The monoisotopic (exact) mass is 480 g/mol. The summed E-state index contributed by atoms with van der Waals surface area (Å²) in [7, 11) is 0. The van der Waals surface area contributed by atoms with E-state index in [2.05, 4.69) is 6.92 Å². The molecule has 4 rings (SSSR count). The fourth-order valence-corrected chi connectivity index (χ4v) is 5.38. The van der Waals surface area contributed by atoms with Crippen molar-refractivity contribution < 1.29 is 18.7 Å². The molecular weight excluding hydrogens is 443 g/mol. The summed E-state index contributed by atoms with van der Waals surface area (Å²) in [4.78, 5) is 30.9. The summed E-state index contributed by atoms with van der Waals surface area (Å²) < 4.78 is 21.1. The van der Waals surface area contributed by atoms with Crippen LogP contribution in [0.25, 0.3) is 0 Å². The summed E-state index contributed by atoms with van der Waals surface area (Å²) in [6, 6.07) is 13.5. The zero-order valence-corrected chi connectivity index (χ0v) is 20.8. The molecule has 2 atom stereocenters. The van der Waals surface area contributed by atoms with Crippen molar-refractivity contribution in [1.29, 1.82) is 0 Å². The van der Waals surface area contributed by atoms with Gasteiger partial charge < -0.3 is 14.5 Å². The lowest BCUT2D eigenvalue weighted by atomic mass is 9.90. The highest BCUT2D eigenvalue weighted by Crippen LogP contribution is 2.31. The standard InChI is InChI=1S/C29H37FN2O3/c1-2-19-31-20-11-3-4-12-21-32(29(34)22-13-5-7-15-24(22)30)25-16-8-10-18-27(25)35-26-17-9-6-14-23(26)28(31)33/h5-7,9,13-15,17,25,27H,2-4,8,10-12,16,18-21H2,1H3/t25-,27+/m1/s1. The van der Waals surface area contributed by atoms with Crippen LogP contribution >= 0.6 is 0 Å². The Morgan fingerprint density at radius 2 is 1.66 bits per heavy atom. The highest BCUT2D eigenvalue weighted by Gasteiger charge is 2.36. The molecule has 1 aliphatic heterocycles. The SMILES string of the molecule is CCCN1CCCCCCN(C(=O)c2ccccc2F)[C@@H]2CCCC[C@@H]2Oc2ccccc2C1=O. The third kappa shape index (κ3) is 6.03. The predicted octanol–water partition coefficient (Wildman–Crippen LogP) is 6.08. The van der Waals surface area contributed by atoms with Crippen molar-refractivity contribution >= 4 is 11.8 Å². The van der Waals surface area contributed by atoms with E-state index in [0.717, 1.165) is 64.3 Å². The van der Waals surface area contributed by atoms with Gasteiger partial charge in [-0.05, 0) is 62.8 Å². The maximum atomic E-state index is 14.6. The van der Waals surface area contributed by atoms with Gasteiger partial charge in [0.25, 0.3) is 11.8 Å². The third-order valence-electron chi connectivity index (χ3n) is 7.19. The second-order valence-electron chi connectivity index (χ2n) is 9.69. The van der Waals surface area contributed by atoms with Crippen molar-refractivity contribution in [1.82, 2.24) is 9.80 Å². The number of para-hydroxylation sites is 1.